The zero-order chi connectivity index (χ0) is 21.8. The van der Waals surface area contributed by atoms with Gasteiger partial charge in [-0.15, -0.1) is 0 Å². The van der Waals surface area contributed by atoms with Crippen LogP contribution in [0.4, 0.5) is 0 Å². The predicted octanol–water partition coefficient (Wildman–Crippen LogP) is 3.46. The van der Waals surface area contributed by atoms with Crippen LogP contribution >= 0.6 is 0 Å². The average molecular weight is 418 g/mol. The molecule has 7 nitrogen and oxygen atoms in total. The molecule has 0 saturated carbocycles. The molecule has 0 fully saturated rings. The summed E-state index contributed by atoms with van der Waals surface area (Å²) in [4.78, 5) is 6.85. The van der Waals surface area contributed by atoms with Gasteiger partial charge >= 0.3 is 0 Å². The summed E-state index contributed by atoms with van der Waals surface area (Å²) in [6, 6.07) is 13.8. The molecule has 0 bridgehead atoms. The third-order valence-electron chi connectivity index (χ3n) is 5.41. The minimum atomic E-state index is -0.0168. The number of aliphatic hydroxyl groups excluding tert-OH is 1. The molecule has 0 amide bonds. The van der Waals surface area contributed by atoms with E-state index in [9.17, 15) is 10.4 Å². The highest BCUT2D eigenvalue weighted by atomic mass is 16.5. The van der Waals surface area contributed by atoms with E-state index in [0.717, 1.165) is 31.5 Å². The lowest BCUT2D eigenvalue weighted by Gasteiger charge is -2.17. The topological polar surface area (TPSA) is 95.4 Å². The molecule has 0 spiro atoms. The first kappa shape index (κ1) is 21.0. The molecule has 0 atom stereocenters. The van der Waals surface area contributed by atoms with E-state index < -0.39 is 0 Å². The van der Waals surface area contributed by atoms with Crippen molar-refractivity contribution in [2.24, 2.45) is 0 Å². The van der Waals surface area contributed by atoms with Crippen molar-refractivity contribution in [3.05, 3.63) is 53.1 Å². The summed E-state index contributed by atoms with van der Waals surface area (Å²) in [6.07, 6.45) is 1.88. The molecule has 0 saturated heterocycles. The molecule has 31 heavy (non-hydrogen) atoms. The van der Waals surface area contributed by atoms with Crippen LogP contribution in [0, 0.1) is 11.3 Å². The van der Waals surface area contributed by atoms with Crippen molar-refractivity contribution in [2.75, 3.05) is 26.2 Å². The van der Waals surface area contributed by atoms with Gasteiger partial charge < -0.3 is 19.3 Å². The Labute approximate surface area is 181 Å². The van der Waals surface area contributed by atoms with Gasteiger partial charge in [0.15, 0.2) is 0 Å². The minimum absolute atomic E-state index is 0.0168. The molecular formula is C24H26N4O3. The van der Waals surface area contributed by atoms with Crippen LogP contribution in [-0.4, -0.2) is 52.5 Å². The Balaban J connectivity index is 1.57. The van der Waals surface area contributed by atoms with Crippen molar-refractivity contribution in [1.29, 1.82) is 5.26 Å². The third-order valence-corrected chi connectivity index (χ3v) is 5.41. The number of fused-ring (bicyclic) bond motifs is 1. The van der Waals surface area contributed by atoms with Gasteiger partial charge in [-0.2, -0.15) is 10.2 Å². The predicted molar refractivity (Wildman–Crippen MR) is 117 cm³/mol. The lowest BCUT2D eigenvalue weighted by molar-refractivity contribution is 0.201. The molecule has 160 valence electrons. The van der Waals surface area contributed by atoms with Gasteiger partial charge in [-0.05, 0) is 62.1 Å². The number of benzene rings is 2. The van der Waals surface area contributed by atoms with Crippen molar-refractivity contribution in [2.45, 2.75) is 32.8 Å². The molecule has 0 aliphatic carbocycles. The monoisotopic (exact) mass is 418 g/mol. The molecule has 0 radical (unpaired) electrons. The van der Waals surface area contributed by atoms with E-state index in [2.05, 4.69) is 33.2 Å². The van der Waals surface area contributed by atoms with E-state index in [0.29, 0.717) is 35.1 Å². The summed E-state index contributed by atoms with van der Waals surface area (Å²) in [5.41, 5.74) is 4.63. The molecule has 1 aliphatic heterocycles. The van der Waals surface area contributed by atoms with Gasteiger partial charge in [0, 0.05) is 30.8 Å². The fourth-order valence-electron chi connectivity index (χ4n) is 3.84. The summed E-state index contributed by atoms with van der Waals surface area (Å²) >= 11 is 0. The van der Waals surface area contributed by atoms with Crippen LogP contribution in [-0.2, 0) is 12.8 Å². The first-order valence-electron chi connectivity index (χ1n) is 10.6. The molecule has 0 unspecified atom stereocenters. The van der Waals surface area contributed by atoms with E-state index in [4.69, 9.17) is 9.26 Å². The zero-order valence-electron chi connectivity index (χ0n) is 17.8. The Kier molecular flexibility index (Phi) is 6.31. The largest absolute Gasteiger partial charge is 0.490 e. The SMILES string of the molecule is CC(C)Oc1ccc(-c2nc(-c3ccc4c(c3)CCN(CCO)CC4)no2)cc1C#N. The summed E-state index contributed by atoms with van der Waals surface area (Å²) in [5, 5.41) is 22.8. The highest BCUT2D eigenvalue weighted by Crippen LogP contribution is 2.29. The Bertz CT molecular complexity index is 1100. The molecule has 4 rings (SSSR count). The van der Waals surface area contributed by atoms with Crippen LogP contribution < -0.4 is 4.74 Å². The highest BCUT2D eigenvalue weighted by Gasteiger charge is 2.17. The second-order valence-electron chi connectivity index (χ2n) is 7.96. The number of hydrogen-bond donors (Lipinski definition) is 1. The molecule has 1 N–H and O–H groups in total. The maximum absolute atomic E-state index is 9.46. The smallest absolute Gasteiger partial charge is 0.258 e. The Morgan fingerprint density at radius 1 is 1.13 bits per heavy atom. The number of nitriles is 1. The second-order valence-corrected chi connectivity index (χ2v) is 7.96. The average Bonchev–Trinajstić information content (AvgIpc) is 3.17. The maximum atomic E-state index is 9.46. The van der Waals surface area contributed by atoms with Crippen LogP contribution in [0.1, 0.15) is 30.5 Å². The lowest BCUT2D eigenvalue weighted by Crippen LogP contribution is -2.29. The van der Waals surface area contributed by atoms with Gasteiger partial charge in [0.2, 0.25) is 5.82 Å². The summed E-state index contributed by atoms with van der Waals surface area (Å²) in [5.74, 6) is 1.43. The summed E-state index contributed by atoms with van der Waals surface area (Å²) in [6.45, 7) is 6.62. The first-order chi connectivity index (χ1) is 15.1. The van der Waals surface area contributed by atoms with Crippen LogP contribution in [0.3, 0.4) is 0 Å². The van der Waals surface area contributed by atoms with Crippen LogP contribution in [0.15, 0.2) is 40.9 Å². The molecule has 3 aromatic rings. The standard InChI is InChI=1S/C24H26N4O3/c1-16(2)30-22-6-5-20(14-21(22)15-25)24-26-23(27-31-24)19-4-3-17-7-9-28(11-12-29)10-8-18(17)13-19/h3-6,13-14,16,29H,7-12H2,1-2H3. The quantitative estimate of drug-likeness (QED) is 0.655. The van der Waals surface area contributed by atoms with Gasteiger partial charge in [-0.3, -0.25) is 0 Å². The fraction of sp³-hybridized carbons (Fsp3) is 0.375. The maximum Gasteiger partial charge on any atom is 0.258 e. The van der Waals surface area contributed by atoms with Gasteiger partial charge in [-0.25, -0.2) is 0 Å². The third kappa shape index (κ3) is 4.76. The van der Waals surface area contributed by atoms with E-state index in [1.807, 2.05) is 26.0 Å². The number of hydrogen-bond acceptors (Lipinski definition) is 7. The van der Waals surface area contributed by atoms with Crippen molar-refractivity contribution in [3.63, 3.8) is 0 Å². The number of nitrogens with zero attached hydrogens (tertiary/aromatic N) is 4. The number of aromatic nitrogens is 2. The molecule has 1 aromatic heterocycles. The molecule has 2 aromatic carbocycles. The lowest BCUT2D eigenvalue weighted by atomic mass is 10.00. The van der Waals surface area contributed by atoms with Crippen LogP contribution in [0.5, 0.6) is 5.75 Å². The molecule has 7 heteroatoms. The number of ether oxygens (including phenoxy) is 1. The second kappa shape index (κ2) is 9.29. The molecule has 1 aliphatic rings. The molecule has 2 heterocycles. The summed E-state index contributed by atoms with van der Waals surface area (Å²) < 4.78 is 11.2. The normalized spacial score (nSPS) is 14.2. The number of β-amino-alcohol motifs (C(OH)–C–C–N with tert-alkyl or cyclic N) is 1. The van der Waals surface area contributed by atoms with Crippen LogP contribution in [0.25, 0.3) is 22.8 Å². The van der Waals surface area contributed by atoms with Crippen molar-refractivity contribution < 1.29 is 14.4 Å². The number of aliphatic hydroxyl groups is 1. The number of rotatable bonds is 6. The first-order valence-corrected chi connectivity index (χ1v) is 10.6. The van der Waals surface area contributed by atoms with Crippen molar-refractivity contribution >= 4 is 0 Å². The van der Waals surface area contributed by atoms with Gasteiger partial charge in [0.05, 0.1) is 18.3 Å². The van der Waals surface area contributed by atoms with Crippen molar-refractivity contribution in [1.82, 2.24) is 15.0 Å². The summed E-state index contributed by atoms with van der Waals surface area (Å²) in [7, 11) is 0. The minimum Gasteiger partial charge on any atom is -0.490 e. The van der Waals surface area contributed by atoms with E-state index in [1.165, 1.54) is 11.1 Å². The van der Waals surface area contributed by atoms with Gasteiger partial charge in [-0.1, -0.05) is 17.3 Å². The highest BCUT2D eigenvalue weighted by molar-refractivity contribution is 5.64. The van der Waals surface area contributed by atoms with Crippen molar-refractivity contribution in [3.8, 4) is 34.7 Å². The Morgan fingerprint density at radius 3 is 2.65 bits per heavy atom. The Morgan fingerprint density at radius 2 is 1.90 bits per heavy atom. The van der Waals surface area contributed by atoms with Gasteiger partial charge in [0.1, 0.15) is 11.8 Å². The van der Waals surface area contributed by atoms with Crippen LogP contribution in [0.2, 0.25) is 0 Å². The van der Waals surface area contributed by atoms with E-state index in [-0.39, 0.29) is 12.7 Å². The van der Waals surface area contributed by atoms with E-state index in [1.54, 1.807) is 12.1 Å². The fourth-order valence-corrected chi connectivity index (χ4v) is 3.84. The van der Waals surface area contributed by atoms with E-state index >= 15 is 0 Å². The zero-order valence-corrected chi connectivity index (χ0v) is 17.8. The van der Waals surface area contributed by atoms with Gasteiger partial charge in [0.25, 0.3) is 5.89 Å². The molecular weight excluding hydrogens is 392 g/mol. The Hall–Kier alpha value is -3.21.